The van der Waals surface area contributed by atoms with E-state index in [1.54, 1.807) is 6.20 Å². The molecular weight excluding hydrogens is 316 g/mol. The van der Waals surface area contributed by atoms with E-state index in [4.69, 9.17) is 5.73 Å². The van der Waals surface area contributed by atoms with Gasteiger partial charge in [0, 0.05) is 30.0 Å². The lowest BCUT2D eigenvalue weighted by atomic mass is 10.2. The summed E-state index contributed by atoms with van der Waals surface area (Å²) in [7, 11) is 0. The highest BCUT2D eigenvalue weighted by Crippen LogP contribution is 2.20. The fourth-order valence-corrected chi connectivity index (χ4v) is 2.20. The van der Waals surface area contributed by atoms with Crippen LogP contribution in [0, 0.1) is 6.92 Å². The van der Waals surface area contributed by atoms with Crippen molar-refractivity contribution in [2.45, 2.75) is 19.9 Å². The van der Waals surface area contributed by atoms with Gasteiger partial charge in [-0.15, -0.1) is 0 Å². The number of nitrogens with two attached hydrogens (primary N) is 1. The summed E-state index contributed by atoms with van der Waals surface area (Å²) in [5.41, 5.74) is 7.80. The monoisotopic (exact) mass is 334 g/mol. The minimum atomic E-state index is 0.680. The van der Waals surface area contributed by atoms with Gasteiger partial charge >= 0.3 is 0 Å². The number of hydrogen-bond acceptors (Lipinski definition) is 4. The lowest BCUT2D eigenvalue weighted by Gasteiger charge is -2.24. The Bertz CT molecular complexity index is 545. The molecular formula is C15H19BrN4. The summed E-state index contributed by atoms with van der Waals surface area (Å²) >= 11 is 3.49. The summed E-state index contributed by atoms with van der Waals surface area (Å²) < 4.78 is 1.03. The molecule has 0 saturated heterocycles. The highest BCUT2D eigenvalue weighted by molar-refractivity contribution is 9.10. The standard InChI is InChI=1S/C15H19BrN4/c1-12-14(16)5-6-15(19-12)20(9-3-7-17)11-13-4-2-8-18-10-13/h2,4-6,8,10H,3,7,9,11,17H2,1H3. The molecule has 2 aromatic heterocycles. The second-order valence-corrected chi connectivity index (χ2v) is 5.52. The molecule has 4 nitrogen and oxygen atoms in total. The predicted octanol–water partition coefficient (Wildman–Crippen LogP) is 2.90. The number of nitrogens with zero attached hydrogens (tertiary/aromatic N) is 3. The molecule has 2 N–H and O–H groups in total. The molecule has 20 heavy (non-hydrogen) atoms. The van der Waals surface area contributed by atoms with Gasteiger partial charge in [-0.25, -0.2) is 4.98 Å². The van der Waals surface area contributed by atoms with Crippen LogP contribution < -0.4 is 10.6 Å². The van der Waals surface area contributed by atoms with Crippen molar-refractivity contribution in [2.24, 2.45) is 5.73 Å². The molecule has 0 aliphatic rings. The van der Waals surface area contributed by atoms with E-state index in [-0.39, 0.29) is 0 Å². The van der Waals surface area contributed by atoms with Crippen molar-refractivity contribution in [2.75, 3.05) is 18.0 Å². The van der Waals surface area contributed by atoms with Crippen LogP contribution in [0.2, 0.25) is 0 Å². The topological polar surface area (TPSA) is 55.0 Å². The van der Waals surface area contributed by atoms with Crippen molar-refractivity contribution in [1.29, 1.82) is 0 Å². The Morgan fingerprint density at radius 2 is 2.15 bits per heavy atom. The number of pyridine rings is 2. The number of halogens is 1. The quantitative estimate of drug-likeness (QED) is 0.882. The fraction of sp³-hybridized carbons (Fsp3) is 0.333. The molecule has 5 heteroatoms. The van der Waals surface area contributed by atoms with E-state index in [1.807, 2.05) is 31.3 Å². The molecule has 0 amide bonds. The Labute approximate surface area is 128 Å². The summed E-state index contributed by atoms with van der Waals surface area (Å²) in [6.07, 6.45) is 4.62. The van der Waals surface area contributed by atoms with Gasteiger partial charge in [0.05, 0.1) is 5.69 Å². The third-order valence-electron chi connectivity index (χ3n) is 3.06. The first-order chi connectivity index (χ1) is 9.70. The van der Waals surface area contributed by atoms with Gasteiger partial charge in [0.15, 0.2) is 0 Å². The number of anilines is 1. The maximum atomic E-state index is 5.64. The number of rotatable bonds is 6. The van der Waals surface area contributed by atoms with Gasteiger partial charge < -0.3 is 10.6 Å². The third kappa shape index (κ3) is 4.02. The van der Waals surface area contributed by atoms with Crippen LogP contribution >= 0.6 is 15.9 Å². The van der Waals surface area contributed by atoms with Crippen LogP contribution in [-0.2, 0) is 6.54 Å². The average molecular weight is 335 g/mol. The molecule has 0 aliphatic heterocycles. The van der Waals surface area contributed by atoms with Crippen molar-refractivity contribution in [3.63, 3.8) is 0 Å². The van der Waals surface area contributed by atoms with Gasteiger partial charge in [0.1, 0.15) is 5.82 Å². The minimum Gasteiger partial charge on any atom is -0.352 e. The maximum absolute atomic E-state index is 5.64. The molecule has 0 aromatic carbocycles. The van der Waals surface area contributed by atoms with Crippen LogP contribution in [0.1, 0.15) is 17.7 Å². The Balaban J connectivity index is 2.20. The zero-order valence-electron chi connectivity index (χ0n) is 11.6. The van der Waals surface area contributed by atoms with Gasteiger partial charge in [0.25, 0.3) is 0 Å². The summed E-state index contributed by atoms with van der Waals surface area (Å²) in [5.74, 6) is 0.975. The van der Waals surface area contributed by atoms with Crippen LogP contribution in [0.4, 0.5) is 5.82 Å². The summed E-state index contributed by atoms with van der Waals surface area (Å²) in [5, 5.41) is 0. The predicted molar refractivity (Wildman–Crippen MR) is 85.6 cm³/mol. The van der Waals surface area contributed by atoms with E-state index < -0.39 is 0 Å². The molecule has 106 valence electrons. The van der Waals surface area contributed by atoms with Gasteiger partial charge in [0.2, 0.25) is 0 Å². The average Bonchev–Trinajstić information content (AvgIpc) is 2.47. The molecule has 0 unspecified atom stereocenters. The number of aromatic nitrogens is 2. The van der Waals surface area contributed by atoms with Crippen LogP contribution in [-0.4, -0.2) is 23.1 Å². The van der Waals surface area contributed by atoms with E-state index in [0.29, 0.717) is 6.54 Å². The first-order valence-corrected chi connectivity index (χ1v) is 7.47. The lowest BCUT2D eigenvalue weighted by Crippen LogP contribution is -2.26. The van der Waals surface area contributed by atoms with Crippen LogP contribution in [0.3, 0.4) is 0 Å². The second-order valence-electron chi connectivity index (χ2n) is 4.66. The first-order valence-electron chi connectivity index (χ1n) is 6.68. The third-order valence-corrected chi connectivity index (χ3v) is 3.90. The van der Waals surface area contributed by atoms with Crippen LogP contribution in [0.25, 0.3) is 0 Å². The highest BCUT2D eigenvalue weighted by Gasteiger charge is 2.10. The van der Waals surface area contributed by atoms with Crippen molar-refractivity contribution >= 4 is 21.7 Å². The van der Waals surface area contributed by atoms with Crippen molar-refractivity contribution in [1.82, 2.24) is 9.97 Å². The molecule has 0 radical (unpaired) electrons. The van der Waals surface area contributed by atoms with Gasteiger partial charge in [-0.1, -0.05) is 6.07 Å². The number of hydrogen-bond donors (Lipinski definition) is 1. The summed E-state index contributed by atoms with van der Waals surface area (Å²) in [4.78, 5) is 11.0. The van der Waals surface area contributed by atoms with Gasteiger partial charge in [-0.2, -0.15) is 0 Å². The summed E-state index contributed by atoms with van der Waals surface area (Å²) in [6, 6.07) is 8.10. The molecule has 0 bridgehead atoms. The van der Waals surface area contributed by atoms with Gasteiger partial charge in [-0.05, 0) is 59.6 Å². The molecule has 2 aromatic rings. The largest absolute Gasteiger partial charge is 0.352 e. The SMILES string of the molecule is Cc1nc(N(CCCN)Cc2cccnc2)ccc1Br. The van der Waals surface area contributed by atoms with Crippen LogP contribution in [0.5, 0.6) is 0 Å². The molecule has 0 fully saturated rings. The maximum Gasteiger partial charge on any atom is 0.129 e. The zero-order valence-corrected chi connectivity index (χ0v) is 13.2. The summed E-state index contributed by atoms with van der Waals surface area (Å²) in [6.45, 7) is 4.36. The first kappa shape index (κ1) is 14.9. The highest BCUT2D eigenvalue weighted by atomic mass is 79.9. The normalized spacial score (nSPS) is 10.6. The smallest absolute Gasteiger partial charge is 0.129 e. The van der Waals surface area contributed by atoms with E-state index in [9.17, 15) is 0 Å². The van der Waals surface area contributed by atoms with Crippen molar-refractivity contribution in [3.8, 4) is 0 Å². The molecule has 2 rings (SSSR count). The molecule has 0 saturated carbocycles. The van der Waals surface area contributed by atoms with E-state index in [0.717, 1.165) is 35.5 Å². The molecule has 2 heterocycles. The molecule has 0 atom stereocenters. The van der Waals surface area contributed by atoms with E-state index in [2.05, 4.69) is 36.9 Å². The van der Waals surface area contributed by atoms with E-state index >= 15 is 0 Å². The Morgan fingerprint density at radius 1 is 1.30 bits per heavy atom. The second kappa shape index (κ2) is 7.36. The Hall–Kier alpha value is -1.46. The molecule has 0 aliphatic carbocycles. The molecule has 0 spiro atoms. The van der Waals surface area contributed by atoms with Crippen molar-refractivity contribution in [3.05, 3.63) is 52.4 Å². The lowest BCUT2D eigenvalue weighted by molar-refractivity contribution is 0.723. The van der Waals surface area contributed by atoms with Crippen molar-refractivity contribution < 1.29 is 0 Å². The Kier molecular flexibility index (Phi) is 5.49. The number of aryl methyl sites for hydroxylation is 1. The van der Waals surface area contributed by atoms with E-state index in [1.165, 1.54) is 5.56 Å². The minimum absolute atomic E-state index is 0.680. The van der Waals surface area contributed by atoms with Crippen LogP contribution in [0.15, 0.2) is 41.1 Å². The Morgan fingerprint density at radius 3 is 2.80 bits per heavy atom. The fourth-order valence-electron chi connectivity index (χ4n) is 1.98. The zero-order chi connectivity index (χ0) is 14.4. The van der Waals surface area contributed by atoms with Gasteiger partial charge in [-0.3, -0.25) is 4.98 Å².